The Hall–Kier alpha value is -1.56. The minimum absolute atomic E-state index is 0.290. The number of carbonyl (C=O) groups excluding carboxylic acids is 2. The predicted molar refractivity (Wildman–Crippen MR) is 87.6 cm³/mol. The summed E-state index contributed by atoms with van der Waals surface area (Å²) in [5.41, 5.74) is -0.965. The van der Waals surface area contributed by atoms with E-state index in [0.29, 0.717) is 6.42 Å². The van der Waals surface area contributed by atoms with E-state index in [1.807, 2.05) is 24.3 Å². The fourth-order valence-corrected chi connectivity index (χ4v) is 2.42. The van der Waals surface area contributed by atoms with Crippen molar-refractivity contribution in [2.75, 3.05) is 7.11 Å². The van der Waals surface area contributed by atoms with Crippen molar-refractivity contribution in [1.82, 2.24) is 5.32 Å². The third-order valence-corrected chi connectivity index (χ3v) is 3.35. The molecule has 0 heterocycles. The Balaban J connectivity index is 2.95. The summed E-state index contributed by atoms with van der Waals surface area (Å²) in [6.45, 7) is 6.90. The lowest BCUT2D eigenvalue weighted by atomic mass is 9.93. The van der Waals surface area contributed by atoms with E-state index >= 15 is 0 Å². The number of methoxy groups -OCH3 is 1. The minimum atomic E-state index is -1.21. The first-order valence-electron chi connectivity index (χ1n) is 6.90. The lowest BCUT2D eigenvalue weighted by molar-refractivity contribution is -0.147. The predicted octanol–water partition coefficient (Wildman–Crippen LogP) is 3.45. The highest BCUT2D eigenvalue weighted by atomic mass is 79.9. The maximum absolute atomic E-state index is 12.1. The average molecular weight is 372 g/mol. The number of esters is 1. The van der Waals surface area contributed by atoms with Crippen LogP contribution in [0.3, 0.4) is 0 Å². The highest BCUT2D eigenvalue weighted by Crippen LogP contribution is 2.19. The number of halogens is 1. The number of amides is 1. The summed E-state index contributed by atoms with van der Waals surface area (Å²) in [5.74, 6) is -0.529. The fourth-order valence-electron chi connectivity index (χ4n) is 1.98. The summed E-state index contributed by atoms with van der Waals surface area (Å²) >= 11 is 3.39. The van der Waals surface area contributed by atoms with Crippen molar-refractivity contribution in [3.05, 3.63) is 34.3 Å². The molecule has 1 aromatic carbocycles. The number of benzene rings is 1. The second kappa shape index (κ2) is 7.13. The van der Waals surface area contributed by atoms with Crippen molar-refractivity contribution in [3.8, 4) is 0 Å². The number of hydrogen-bond acceptors (Lipinski definition) is 4. The molecule has 5 nitrogen and oxygen atoms in total. The van der Waals surface area contributed by atoms with Gasteiger partial charge in [-0.05, 0) is 45.4 Å². The summed E-state index contributed by atoms with van der Waals surface area (Å²) in [4.78, 5) is 24.1. The third-order valence-electron chi connectivity index (χ3n) is 2.86. The van der Waals surface area contributed by atoms with E-state index in [4.69, 9.17) is 9.47 Å². The van der Waals surface area contributed by atoms with E-state index in [1.54, 1.807) is 27.7 Å². The highest BCUT2D eigenvalue weighted by molar-refractivity contribution is 9.10. The molecule has 0 saturated heterocycles. The Kier molecular flexibility index (Phi) is 6.00. The van der Waals surface area contributed by atoms with Crippen LogP contribution in [0.2, 0.25) is 0 Å². The first-order valence-corrected chi connectivity index (χ1v) is 7.69. The quantitative estimate of drug-likeness (QED) is 0.823. The maximum atomic E-state index is 12.1. The molecule has 0 aliphatic heterocycles. The van der Waals surface area contributed by atoms with E-state index in [2.05, 4.69) is 21.2 Å². The van der Waals surface area contributed by atoms with Crippen LogP contribution in [0.1, 0.15) is 33.3 Å². The Morgan fingerprint density at radius 2 is 1.86 bits per heavy atom. The van der Waals surface area contributed by atoms with Gasteiger partial charge in [-0.1, -0.05) is 28.1 Å². The van der Waals surface area contributed by atoms with Crippen LogP contribution >= 0.6 is 15.9 Å². The third kappa shape index (κ3) is 5.67. The number of nitrogens with one attached hydrogen (secondary N) is 1. The topological polar surface area (TPSA) is 64.6 Å². The van der Waals surface area contributed by atoms with E-state index < -0.39 is 23.2 Å². The second-order valence-electron chi connectivity index (χ2n) is 6.26. The summed E-state index contributed by atoms with van der Waals surface area (Å²) < 4.78 is 10.9. The van der Waals surface area contributed by atoms with E-state index in [0.717, 1.165) is 10.0 Å². The van der Waals surface area contributed by atoms with E-state index in [9.17, 15) is 9.59 Å². The van der Waals surface area contributed by atoms with Crippen LogP contribution in [-0.2, 0) is 20.7 Å². The van der Waals surface area contributed by atoms with E-state index in [1.165, 1.54) is 7.11 Å². The van der Waals surface area contributed by atoms with Crippen molar-refractivity contribution in [1.29, 1.82) is 0 Å². The number of rotatable bonds is 4. The molecule has 122 valence electrons. The molecule has 0 bridgehead atoms. The van der Waals surface area contributed by atoms with Gasteiger partial charge in [-0.2, -0.15) is 0 Å². The van der Waals surface area contributed by atoms with Crippen molar-refractivity contribution in [2.24, 2.45) is 0 Å². The van der Waals surface area contributed by atoms with Crippen LogP contribution in [0.4, 0.5) is 4.79 Å². The molecule has 1 aromatic rings. The molecule has 1 N–H and O–H groups in total. The molecule has 0 saturated carbocycles. The SMILES string of the molecule is COC(=O)C(C)(Cc1cccc(Br)c1)NC(=O)OC(C)(C)C. The van der Waals surface area contributed by atoms with Gasteiger partial charge in [0.25, 0.3) is 0 Å². The lowest BCUT2D eigenvalue weighted by Crippen LogP contribution is -2.55. The van der Waals surface area contributed by atoms with Gasteiger partial charge in [0.05, 0.1) is 7.11 Å². The molecule has 0 aromatic heterocycles. The van der Waals surface area contributed by atoms with Gasteiger partial charge < -0.3 is 14.8 Å². The van der Waals surface area contributed by atoms with Gasteiger partial charge in [0.1, 0.15) is 11.1 Å². The molecule has 0 spiro atoms. The number of hydrogen-bond donors (Lipinski definition) is 1. The fraction of sp³-hybridized carbons (Fsp3) is 0.500. The zero-order valence-electron chi connectivity index (χ0n) is 13.5. The smallest absolute Gasteiger partial charge is 0.408 e. The van der Waals surface area contributed by atoms with Crippen LogP contribution in [0.15, 0.2) is 28.7 Å². The van der Waals surface area contributed by atoms with Crippen LogP contribution < -0.4 is 5.32 Å². The Morgan fingerprint density at radius 3 is 2.36 bits per heavy atom. The average Bonchev–Trinajstić information content (AvgIpc) is 2.34. The molecular formula is C16H22BrNO4. The van der Waals surface area contributed by atoms with Crippen molar-refractivity contribution < 1.29 is 19.1 Å². The van der Waals surface area contributed by atoms with Crippen molar-refractivity contribution in [3.63, 3.8) is 0 Å². The summed E-state index contributed by atoms with van der Waals surface area (Å²) in [6.07, 6.45) is -0.367. The molecule has 0 aliphatic rings. The zero-order valence-corrected chi connectivity index (χ0v) is 15.1. The Bertz CT molecular complexity index is 553. The van der Waals surface area contributed by atoms with E-state index in [-0.39, 0.29) is 0 Å². The molecule has 1 rings (SSSR count). The summed E-state index contributed by atoms with van der Waals surface area (Å²) in [7, 11) is 1.29. The highest BCUT2D eigenvalue weighted by Gasteiger charge is 2.37. The van der Waals surface area contributed by atoms with Gasteiger partial charge in [0, 0.05) is 10.9 Å². The summed E-state index contributed by atoms with van der Waals surface area (Å²) in [6, 6.07) is 7.52. The largest absolute Gasteiger partial charge is 0.467 e. The lowest BCUT2D eigenvalue weighted by Gasteiger charge is -2.29. The molecule has 0 radical (unpaired) electrons. The minimum Gasteiger partial charge on any atom is -0.467 e. The van der Waals surface area contributed by atoms with Crippen LogP contribution in [0.25, 0.3) is 0 Å². The molecule has 6 heteroatoms. The molecular weight excluding hydrogens is 350 g/mol. The van der Waals surface area contributed by atoms with Gasteiger partial charge in [-0.25, -0.2) is 9.59 Å². The van der Waals surface area contributed by atoms with Crippen LogP contribution in [0.5, 0.6) is 0 Å². The molecule has 0 fully saturated rings. The standard InChI is InChI=1S/C16H22BrNO4/c1-15(2,3)22-14(20)18-16(4,13(19)21-5)10-11-7-6-8-12(17)9-11/h6-9H,10H2,1-5H3,(H,18,20). The van der Waals surface area contributed by atoms with Gasteiger partial charge in [0.2, 0.25) is 0 Å². The van der Waals surface area contributed by atoms with Gasteiger partial charge >= 0.3 is 12.1 Å². The van der Waals surface area contributed by atoms with Gasteiger partial charge in [0.15, 0.2) is 0 Å². The molecule has 1 amide bonds. The number of ether oxygens (including phenoxy) is 2. The second-order valence-corrected chi connectivity index (χ2v) is 7.17. The Labute approximate surface area is 139 Å². The van der Waals surface area contributed by atoms with Gasteiger partial charge in [-0.15, -0.1) is 0 Å². The molecule has 1 unspecified atom stereocenters. The van der Waals surface area contributed by atoms with Gasteiger partial charge in [-0.3, -0.25) is 0 Å². The first-order chi connectivity index (χ1) is 10.1. The molecule has 0 aliphatic carbocycles. The zero-order chi connectivity index (χ0) is 17.0. The normalized spacial score (nSPS) is 13.9. The first kappa shape index (κ1) is 18.5. The summed E-state index contributed by atoms with van der Waals surface area (Å²) in [5, 5.41) is 2.62. The van der Waals surface area contributed by atoms with Crippen molar-refractivity contribution >= 4 is 28.0 Å². The van der Waals surface area contributed by atoms with Crippen molar-refractivity contribution in [2.45, 2.75) is 45.3 Å². The maximum Gasteiger partial charge on any atom is 0.408 e. The monoisotopic (exact) mass is 371 g/mol. The number of alkyl carbamates (subject to hydrolysis) is 1. The van der Waals surface area contributed by atoms with Crippen LogP contribution in [0, 0.1) is 0 Å². The molecule has 1 atom stereocenters. The van der Waals surface area contributed by atoms with Crippen LogP contribution in [-0.4, -0.2) is 30.3 Å². The molecule has 22 heavy (non-hydrogen) atoms. The Morgan fingerprint density at radius 1 is 1.23 bits per heavy atom. The number of carbonyl (C=O) groups is 2.